The number of carboxylic acid groups (broad SMARTS) is 1. The number of fused-ring (bicyclic) bond motifs is 5. The van der Waals surface area contributed by atoms with Crippen LogP contribution in [0.1, 0.15) is 58.8 Å². The lowest BCUT2D eigenvalue weighted by Gasteiger charge is -2.55. The Morgan fingerprint density at radius 1 is 1.24 bits per heavy atom. The number of carboxylic acids is 1. The highest BCUT2D eigenvalue weighted by Crippen LogP contribution is 2.66. The normalized spacial score (nSPS) is 43.4. The van der Waals surface area contributed by atoms with E-state index in [-0.39, 0.29) is 16.7 Å². The van der Waals surface area contributed by atoms with Gasteiger partial charge < -0.3 is 14.6 Å². The van der Waals surface area contributed by atoms with Gasteiger partial charge in [-0.25, -0.2) is 0 Å². The minimum absolute atomic E-state index is 0.0547. The lowest BCUT2D eigenvalue weighted by molar-refractivity contribution is -0.175. The molecule has 1 spiro atoms. The fourth-order valence-corrected chi connectivity index (χ4v) is 7.56. The Hall–Kier alpha value is -1.64. The molecule has 0 bridgehead atoms. The number of ether oxygens (including phenoxy) is 2. The molecule has 4 aliphatic carbocycles. The second kappa shape index (κ2) is 6.43. The molecule has 5 aliphatic rings. The van der Waals surface area contributed by atoms with E-state index in [1.807, 2.05) is 0 Å². The van der Waals surface area contributed by atoms with Crippen LogP contribution in [0.25, 0.3) is 0 Å². The van der Waals surface area contributed by atoms with Crippen molar-refractivity contribution < 1.29 is 19.4 Å². The van der Waals surface area contributed by atoms with Gasteiger partial charge in [0.15, 0.2) is 5.79 Å². The lowest BCUT2D eigenvalue weighted by atomic mass is 9.51. The summed E-state index contributed by atoms with van der Waals surface area (Å²) in [5, 5.41) is 19.1. The molecular formula is C24H31NO4. The zero-order valence-corrected chi connectivity index (χ0v) is 17.4. The Bertz CT molecular complexity index is 832. The average molecular weight is 398 g/mol. The van der Waals surface area contributed by atoms with Crippen molar-refractivity contribution in [3.05, 3.63) is 23.3 Å². The standard InChI is InChI=1S/C24H31NO4/c1-22-9-10-24(28-11-12-29-24)13-15(22)3-4-16-18-5-6-19(17(14-25)21(26)27)23(18,2)8-7-20(16)22/h3,7,16-19H,4-6,8-13H2,1-2H3,(H,26,27)/t16-,17?,18-,19+,22-,23-/m0/s1. The first-order valence-corrected chi connectivity index (χ1v) is 11.1. The van der Waals surface area contributed by atoms with Crippen LogP contribution in [0.4, 0.5) is 0 Å². The number of aliphatic carboxylic acids is 1. The average Bonchev–Trinajstić information content (AvgIpc) is 3.28. The zero-order chi connectivity index (χ0) is 20.4. The van der Waals surface area contributed by atoms with Crippen LogP contribution in [0.2, 0.25) is 0 Å². The largest absolute Gasteiger partial charge is 0.480 e. The molecule has 0 aromatic heterocycles. The lowest BCUT2D eigenvalue weighted by Crippen LogP contribution is -2.48. The van der Waals surface area contributed by atoms with Crippen molar-refractivity contribution in [3.63, 3.8) is 0 Å². The Labute approximate surface area is 172 Å². The molecule has 5 heteroatoms. The summed E-state index contributed by atoms with van der Waals surface area (Å²) in [6.07, 6.45) is 11.5. The molecule has 1 aliphatic heterocycles. The van der Waals surface area contributed by atoms with E-state index < -0.39 is 17.7 Å². The summed E-state index contributed by atoms with van der Waals surface area (Å²) in [5.74, 6) is -1.37. The van der Waals surface area contributed by atoms with Gasteiger partial charge >= 0.3 is 5.97 Å². The van der Waals surface area contributed by atoms with Crippen molar-refractivity contribution in [1.82, 2.24) is 0 Å². The van der Waals surface area contributed by atoms with Gasteiger partial charge in [0.2, 0.25) is 0 Å². The molecule has 156 valence electrons. The number of nitriles is 1. The molecule has 3 fully saturated rings. The maximum Gasteiger partial charge on any atom is 0.321 e. The number of hydrogen-bond acceptors (Lipinski definition) is 4. The maximum atomic E-state index is 11.7. The summed E-state index contributed by atoms with van der Waals surface area (Å²) in [6, 6.07) is 2.09. The summed E-state index contributed by atoms with van der Waals surface area (Å²) < 4.78 is 12.0. The smallest absolute Gasteiger partial charge is 0.321 e. The Balaban J connectivity index is 1.46. The molecule has 1 unspecified atom stereocenters. The summed E-state index contributed by atoms with van der Waals surface area (Å²) in [4.78, 5) is 11.7. The van der Waals surface area contributed by atoms with Crippen LogP contribution in [0.5, 0.6) is 0 Å². The first-order valence-electron chi connectivity index (χ1n) is 11.1. The van der Waals surface area contributed by atoms with Gasteiger partial charge in [-0.2, -0.15) is 5.26 Å². The minimum atomic E-state index is -0.957. The predicted octanol–water partition coefficient (Wildman–Crippen LogP) is 4.45. The first-order chi connectivity index (χ1) is 13.8. The quantitative estimate of drug-likeness (QED) is 0.696. The Morgan fingerprint density at radius 3 is 2.69 bits per heavy atom. The van der Waals surface area contributed by atoms with Crippen LogP contribution in [0.3, 0.4) is 0 Å². The van der Waals surface area contributed by atoms with Gasteiger partial charge in [-0.05, 0) is 55.3 Å². The summed E-state index contributed by atoms with van der Waals surface area (Å²) >= 11 is 0. The number of nitrogens with zero attached hydrogens (tertiary/aromatic N) is 1. The van der Waals surface area contributed by atoms with E-state index in [0.717, 1.165) is 44.9 Å². The van der Waals surface area contributed by atoms with E-state index in [0.29, 0.717) is 25.0 Å². The number of carbonyl (C=O) groups is 1. The molecule has 0 aromatic carbocycles. The van der Waals surface area contributed by atoms with Crippen molar-refractivity contribution >= 4 is 5.97 Å². The van der Waals surface area contributed by atoms with E-state index in [1.165, 1.54) is 5.57 Å². The molecule has 5 nitrogen and oxygen atoms in total. The third-order valence-corrected chi connectivity index (χ3v) is 9.18. The first kappa shape index (κ1) is 19.3. The number of allylic oxidation sites excluding steroid dienone is 3. The van der Waals surface area contributed by atoms with E-state index in [4.69, 9.17) is 9.47 Å². The molecule has 0 amide bonds. The van der Waals surface area contributed by atoms with Crippen LogP contribution in [0, 0.1) is 45.8 Å². The minimum Gasteiger partial charge on any atom is -0.480 e. The molecule has 29 heavy (non-hydrogen) atoms. The molecule has 0 radical (unpaired) electrons. The van der Waals surface area contributed by atoms with Crippen molar-refractivity contribution in [3.8, 4) is 6.07 Å². The number of rotatable bonds is 2. The molecule has 6 atom stereocenters. The third-order valence-electron chi connectivity index (χ3n) is 9.18. The van der Waals surface area contributed by atoms with Gasteiger partial charge in [-0.3, -0.25) is 4.79 Å². The van der Waals surface area contributed by atoms with Gasteiger partial charge in [0.1, 0.15) is 5.92 Å². The summed E-state index contributed by atoms with van der Waals surface area (Å²) in [5.41, 5.74) is 3.01. The van der Waals surface area contributed by atoms with Crippen molar-refractivity contribution in [2.75, 3.05) is 13.2 Å². The van der Waals surface area contributed by atoms with Crippen molar-refractivity contribution in [2.45, 2.75) is 64.6 Å². The molecule has 1 saturated heterocycles. The van der Waals surface area contributed by atoms with E-state index in [1.54, 1.807) is 5.57 Å². The summed E-state index contributed by atoms with van der Waals surface area (Å²) in [7, 11) is 0. The van der Waals surface area contributed by atoms with E-state index >= 15 is 0 Å². The summed E-state index contributed by atoms with van der Waals surface area (Å²) in [6.45, 7) is 6.03. The Kier molecular flexibility index (Phi) is 4.28. The third kappa shape index (κ3) is 2.61. The highest BCUT2D eigenvalue weighted by atomic mass is 16.7. The fraction of sp³-hybridized carbons (Fsp3) is 0.750. The monoisotopic (exact) mass is 397 g/mol. The molecule has 1 heterocycles. The van der Waals surface area contributed by atoms with Crippen molar-refractivity contribution in [2.24, 2.45) is 34.5 Å². The van der Waals surface area contributed by atoms with E-state index in [2.05, 4.69) is 32.1 Å². The van der Waals surface area contributed by atoms with Gasteiger partial charge in [-0.1, -0.05) is 37.1 Å². The highest BCUT2D eigenvalue weighted by Gasteiger charge is 2.59. The second-order valence-electron chi connectivity index (χ2n) is 10.3. The fourth-order valence-electron chi connectivity index (χ4n) is 7.56. The Morgan fingerprint density at radius 2 is 2.00 bits per heavy atom. The molecule has 2 saturated carbocycles. The predicted molar refractivity (Wildman–Crippen MR) is 107 cm³/mol. The van der Waals surface area contributed by atoms with Gasteiger partial charge in [-0.15, -0.1) is 0 Å². The number of hydrogen-bond donors (Lipinski definition) is 1. The zero-order valence-electron chi connectivity index (χ0n) is 17.4. The van der Waals surface area contributed by atoms with Gasteiger partial charge in [0.25, 0.3) is 0 Å². The molecule has 5 rings (SSSR count). The van der Waals surface area contributed by atoms with Crippen LogP contribution >= 0.6 is 0 Å². The SMILES string of the molecule is C[C@]12CCC3(CC1=CC[C@@H]1C2=CC[C@]2(C)[C@@H](C(C#N)C(=O)O)CC[C@@H]12)OCCO3. The van der Waals surface area contributed by atoms with Crippen molar-refractivity contribution in [1.29, 1.82) is 5.26 Å². The molecule has 0 aromatic rings. The van der Waals surface area contributed by atoms with Gasteiger partial charge in [0, 0.05) is 18.3 Å². The van der Waals surface area contributed by atoms with E-state index in [9.17, 15) is 15.2 Å². The van der Waals surface area contributed by atoms with Crippen LogP contribution in [0.15, 0.2) is 23.3 Å². The van der Waals surface area contributed by atoms with Crippen LogP contribution in [-0.4, -0.2) is 30.1 Å². The van der Waals surface area contributed by atoms with Crippen LogP contribution < -0.4 is 0 Å². The van der Waals surface area contributed by atoms with Crippen LogP contribution in [-0.2, 0) is 14.3 Å². The maximum absolute atomic E-state index is 11.7. The highest BCUT2D eigenvalue weighted by molar-refractivity contribution is 5.73. The topological polar surface area (TPSA) is 79.6 Å². The molecule has 1 N–H and O–H groups in total. The van der Waals surface area contributed by atoms with Gasteiger partial charge in [0.05, 0.1) is 19.3 Å². The second-order valence-corrected chi connectivity index (χ2v) is 10.3. The molecular weight excluding hydrogens is 366 g/mol.